The number of aromatic nitrogens is 2. The Kier molecular flexibility index (Phi) is 2.26. The molecule has 2 heterocycles. The number of nitrogens with zero attached hydrogens (tertiary/aromatic N) is 2. The van der Waals surface area contributed by atoms with Crippen molar-refractivity contribution in [2.45, 2.75) is 50.1 Å². The van der Waals surface area contributed by atoms with Crippen LogP contribution in [0.15, 0.2) is 6.20 Å². The second kappa shape index (κ2) is 3.57. The van der Waals surface area contributed by atoms with E-state index in [1.165, 1.54) is 12.8 Å². The average molecular weight is 235 g/mol. The molecule has 0 spiro atoms. The summed E-state index contributed by atoms with van der Waals surface area (Å²) in [6.45, 7) is 1.00. The average Bonchev–Trinajstić information content (AvgIpc) is 3.01. The molecule has 17 heavy (non-hydrogen) atoms. The predicted octanol–water partition coefficient (Wildman–Crippen LogP) is 0.663. The first kappa shape index (κ1) is 10.8. The minimum atomic E-state index is -0.923. The van der Waals surface area contributed by atoms with Crippen LogP contribution in [0.5, 0.6) is 0 Å². The minimum absolute atomic E-state index is 0.393. The number of imidazole rings is 1. The van der Waals surface area contributed by atoms with Gasteiger partial charge in [0.25, 0.3) is 0 Å². The number of nitrogens with two attached hydrogens (primary N) is 1. The van der Waals surface area contributed by atoms with E-state index in [0.29, 0.717) is 0 Å². The van der Waals surface area contributed by atoms with E-state index in [4.69, 9.17) is 10.8 Å². The summed E-state index contributed by atoms with van der Waals surface area (Å²) in [6.07, 6.45) is 7.06. The molecule has 2 aliphatic rings. The number of carbonyl (C=O) groups is 1. The van der Waals surface area contributed by atoms with Crippen LogP contribution in [0.4, 0.5) is 0 Å². The number of aryl methyl sites for hydroxylation is 2. The molecule has 1 aromatic heterocycles. The Balaban J connectivity index is 1.94. The van der Waals surface area contributed by atoms with Crippen molar-refractivity contribution in [2.24, 2.45) is 5.73 Å². The Hall–Kier alpha value is -1.36. The van der Waals surface area contributed by atoms with E-state index < -0.39 is 17.4 Å². The monoisotopic (exact) mass is 235 g/mol. The highest BCUT2D eigenvalue weighted by Crippen LogP contribution is 2.50. The SMILES string of the molecule is NC(C(=O)O)C1(c2cn3c(n2)CCCC3)CC1. The Morgan fingerprint density at radius 3 is 2.88 bits per heavy atom. The topological polar surface area (TPSA) is 81.1 Å². The zero-order valence-electron chi connectivity index (χ0n) is 9.72. The van der Waals surface area contributed by atoms with Crippen LogP contribution in [-0.2, 0) is 23.2 Å². The van der Waals surface area contributed by atoms with Crippen molar-refractivity contribution in [1.82, 2.24) is 9.55 Å². The molecule has 5 heteroatoms. The fraction of sp³-hybridized carbons (Fsp3) is 0.667. The van der Waals surface area contributed by atoms with Gasteiger partial charge in [-0.25, -0.2) is 4.98 Å². The summed E-state index contributed by atoms with van der Waals surface area (Å²) in [7, 11) is 0. The molecule has 1 aromatic rings. The van der Waals surface area contributed by atoms with Crippen molar-refractivity contribution in [3.63, 3.8) is 0 Å². The Morgan fingerprint density at radius 2 is 2.29 bits per heavy atom. The second-order valence-electron chi connectivity index (χ2n) is 5.16. The third-order valence-corrected chi connectivity index (χ3v) is 4.07. The van der Waals surface area contributed by atoms with E-state index in [1.54, 1.807) is 0 Å². The molecule has 3 N–H and O–H groups in total. The quantitative estimate of drug-likeness (QED) is 0.806. The molecule has 0 saturated heterocycles. The van der Waals surface area contributed by atoms with Gasteiger partial charge in [0.15, 0.2) is 0 Å². The van der Waals surface area contributed by atoms with Crippen molar-refractivity contribution in [3.05, 3.63) is 17.7 Å². The highest BCUT2D eigenvalue weighted by molar-refractivity contribution is 5.76. The number of rotatable bonds is 3. The molecule has 1 fully saturated rings. The molecule has 5 nitrogen and oxygen atoms in total. The Labute approximate surface area is 99.6 Å². The summed E-state index contributed by atoms with van der Waals surface area (Å²) in [5.74, 6) is 0.170. The fourth-order valence-corrected chi connectivity index (χ4v) is 2.75. The lowest BCUT2D eigenvalue weighted by Crippen LogP contribution is -2.42. The molecule has 3 rings (SSSR count). The van der Waals surface area contributed by atoms with Crippen LogP contribution in [0.1, 0.15) is 37.2 Å². The van der Waals surface area contributed by atoms with Crippen LogP contribution in [0.25, 0.3) is 0 Å². The molecule has 1 saturated carbocycles. The molecular formula is C12H17N3O2. The maximum atomic E-state index is 11.0. The molecule has 0 radical (unpaired) electrons. The lowest BCUT2D eigenvalue weighted by atomic mass is 9.94. The van der Waals surface area contributed by atoms with Gasteiger partial charge in [-0.2, -0.15) is 0 Å². The number of aliphatic carboxylic acids is 1. The third kappa shape index (κ3) is 1.57. The first-order chi connectivity index (χ1) is 8.13. The van der Waals surface area contributed by atoms with E-state index >= 15 is 0 Å². The van der Waals surface area contributed by atoms with E-state index in [2.05, 4.69) is 9.55 Å². The zero-order valence-corrected chi connectivity index (χ0v) is 9.72. The van der Waals surface area contributed by atoms with Crippen LogP contribution in [0, 0.1) is 0 Å². The second-order valence-corrected chi connectivity index (χ2v) is 5.16. The molecule has 1 atom stereocenters. The molecule has 0 aromatic carbocycles. The highest BCUT2D eigenvalue weighted by atomic mass is 16.4. The van der Waals surface area contributed by atoms with E-state index in [-0.39, 0.29) is 0 Å². The van der Waals surface area contributed by atoms with Gasteiger partial charge in [0.1, 0.15) is 11.9 Å². The molecular weight excluding hydrogens is 218 g/mol. The maximum Gasteiger partial charge on any atom is 0.321 e. The van der Waals surface area contributed by atoms with Crippen LogP contribution in [0.3, 0.4) is 0 Å². The normalized spacial score (nSPS) is 22.9. The van der Waals surface area contributed by atoms with Gasteiger partial charge in [-0.15, -0.1) is 0 Å². The Bertz CT molecular complexity index is 439. The van der Waals surface area contributed by atoms with Gasteiger partial charge in [-0.3, -0.25) is 4.79 Å². The van der Waals surface area contributed by atoms with Gasteiger partial charge in [-0.05, 0) is 25.7 Å². The third-order valence-electron chi connectivity index (χ3n) is 4.07. The van der Waals surface area contributed by atoms with Crippen molar-refractivity contribution < 1.29 is 9.90 Å². The van der Waals surface area contributed by atoms with Gasteiger partial charge < -0.3 is 15.4 Å². The van der Waals surface area contributed by atoms with Crippen molar-refractivity contribution in [3.8, 4) is 0 Å². The van der Waals surface area contributed by atoms with E-state index in [1.807, 2.05) is 6.20 Å². The van der Waals surface area contributed by atoms with Crippen molar-refractivity contribution in [2.75, 3.05) is 0 Å². The number of fused-ring (bicyclic) bond motifs is 1. The molecule has 0 amide bonds. The van der Waals surface area contributed by atoms with Crippen LogP contribution >= 0.6 is 0 Å². The molecule has 1 unspecified atom stereocenters. The van der Waals surface area contributed by atoms with Gasteiger partial charge in [0.05, 0.1) is 5.69 Å². The van der Waals surface area contributed by atoms with Crippen molar-refractivity contribution in [1.29, 1.82) is 0 Å². The lowest BCUT2D eigenvalue weighted by molar-refractivity contribution is -0.139. The Morgan fingerprint density at radius 1 is 1.53 bits per heavy atom. The summed E-state index contributed by atoms with van der Waals surface area (Å²) in [5, 5.41) is 9.06. The number of carboxylic acid groups (broad SMARTS) is 1. The first-order valence-electron chi connectivity index (χ1n) is 6.18. The van der Waals surface area contributed by atoms with Crippen molar-refractivity contribution >= 4 is 5.97 Å². The largest absolute Gasteiger partial charge is 0.480 e. The minimum Gasteiger partial charge on any atom is -0.480 e. The fourth-order valence-electron chi connectivity index (χ4n) is 2.75. The lowest BCUT2D eigenvalue weighted by Gasteiger charge is -2.16. The van der Waals surface area contributed by atoms with Gasteiger partial charge in [-0.1, -0.05) is 0 Å². The summed E-state index contributed by atoms with van der Waals surface area (Å²) in [6, 6.07) is -0.820. The van der Waals surface area contributed by atoms with Crippen LogP contribution in [-0.4, -0.2) is 26.7 Å². The molecule has 1 aliphatic heterocycles. The number of hydrogen-bond donors (Lipinski definition) is 2. The summed E-state index contributed by atoms with van der Waals surface area (Å²) < 4.78 is 2.16. The number of hydrogen-bond acceptors (Lipinski definition) is 3. The van der Waals surface area contributed by atoms with E-state index in [9.17, 15) is 4.79 Å². The maximum absolute atomic E-state index is 11.0. The van der Waals surface area contributed by atoms with E-state index in [0.717, 1.165) is 37.3 Å². The van der Waals surface area contributed by atoms with Gasteiger partial charge in [0.2, 0.25) is 0 Å². The highest BCUT2D eigenvalue weighted by Gasteiger charge is 2.54. The number of carboxylic acids is 1. The standard InChI is InChI=1S/C12H17N3O2/c13-10(11(16)17)12(4-5-12)8-7-15-6-2-1-3-9(15)14-8/h7,10H,1-6,13H2,(H,16,17). The molecule has 0 bridgehead atoms. The predicted molar refractivity (Wildman–Crippen MR) is 61.7 cm³/mol. The summed E-state index contributed by atoms with van der Waals surface area (Å²) >= 11 is 0. The van der Waals surface area contributed by atoms with Gasteiger partial charge >= 0.3 is 5.97 Å². The van der Waals surface area contributed by atoms with Crippen LogP contribution in [0.2, 0.25) is 0 Å². The first-order valence-corrected chi connectivity index (χ1v) is 6.18. The zero-order chi connectivity index (χ0) is 12.0. The summed E-state index contributed by atoms with van der Waals surface area (Å²) in [4.78, 5) is 15.7. The summed E-state index contributed by atoms with van der Waals surface area (Å²) in [5.41, 5.74) is 6.30. The molecule has 92 valence electrons. The van der Waals surface area contributed by atoms with Gasteiger partial charge in [0, 0.05) is 24.6 Å². The molecule has 1 aliphatic carbocycles. The van der Waals surface area contributed by atoms with Crippen LogP contribution < -0.4 is 5.73 Å². The smallest absolute Gasteiger partial charge is 0.321 e.